The lowest BCUT2D eigenvalue weighted by Crippen LogP contribution is -2.47. The van der Waals surface area contributed by atoms with Gasteiger partial charge in [0.1, 0.15) is 0 Å². The number of nitrogens with zero attached hydrogens (tertiary/aromatic N) is 1. The van der Waals surface area contributed by atoms with E-state index in [2.05, 4.69) is 5.32 Å². The van der Waals surface area contributed by atoms with Gasteiger partial charge in [-0.2, -0.15) is 0 Å². The van der Waals surface area contributed by atoms with E-state index in [9.17, 15) is 9.18 Å². The van der Waals surface area contributed by atoms with Crippen molar-refractivity contribution in [1.82, 2.24) is 10.2 Å². The van der Waals surface area contributed by atoms with E-state index in [-0.39, 0.29) is 0 Å². The fraction of sp³-hybridized carbons (Fsp3) is 0.417. The predicted octanol–water partition coefficient (Wildman–Crippen LogP) is 1.13. The Morgan fingerprint density at radius 3 is 2.50 bits per heavy atom. The van der Waals surface area contributed by atoms with Crippen LogP contribution in [0, 0.1) is 0 Å². The number of hydrogen-bond acceptors (Lipinski definition) is 2. The first-order valence-electron chi connectivity index (χ1n) is 5.47. The summed E-state index contributed by atoms with van der Waals surface area (Å²) in [5.74, 6) is -0.423. The van der Waals surface area contributed by atoms with Crippen LogP contribution in [0.1, 0.15) is 11.7 Å². The van der Waals surface area contributed by atoms with E-state index in [1.165, 1.54) is 0 Å². The number of alkyl halides is 1. The minimum atomic E-state index is -1.53. The van der Waals surface area contributed by atoms with Gasteiger partial charge in [-0.05, 0) is 5.56 Å². The predicted molar refractivity (Wildman–Crippen MR) is 59.7 cm³/mol. The van der Waals surface area contributed by atoms with Crippen LogP contribution >= 0.6 is 0 Å². The third-order valence-corrected chi connectivity index (χ3v) is 2.74. The summed E-state index contributed by atoms with van der Waals surface area (Å²) in [6.45, 7) is 2.67. The van der Waals surface area contributed by atoms with Crippen LogP contribution in [0.4, 0.5) is 4.39 Å². The minimum absolute atomic E-state index is 0.423. The van der Waals surface area contributed by atoms with Crippen molar-refractivity contribution in [2.75, 3.05) is 26.2 Å². The number of carbonyl (C=O) groups excluding carboxylic acids is 1. The van der Waals surface area contributed by atoms with Crippen molar-refractivity contribution >= 4 is 5.91 Å². The van der Waals surface area contributed by atoms with Crippen LogP contribution in [0.15, 0.2) is 30.3 Å². The fourth-order valence-corrected chi connectivity index (χ4v) is 1.81. The van der Waals surface area contributed by atoms with Crippen LogP contribution < -0.4 is 5.32 Å². The largest absolute Gasteiger partial charge is 0.337 e. The zero-order valence-corrected chi connectivity index (χ0v) is 9.03. The number of benzene rings is 1. The smallest absolute Gasteiger partial charge is 0.261 e. The Kier molecular flexibility index (Phi) is 3.51. The topological polar surface area (TPSA) is 32.3 Å². The van der Waals surface area contributed by atoms with Crippen molar-refractivity contribution in [3.8, 4) is 0 Å². The molecule has 1 unspecified atom stereocenters. The van der Waals surface area contributed by atoms with E-state index in [0.29, 0.717) is 18.7 Å². The summed E-state index contributed by atoms with van der Waals surface area (Å²) < 4.78 is 13.9. The first-order valence-corrected chi connectivity index (χ1v) is 5.47. The lowest BCUT2D eigenvalue weighted by molar-refractivity contribution is -0.137. The van der Waals surface area contributed by atoms with Crippen molar-refractivity contribution in [3.05, 3.63) is 35.9 Å². The summed E-state index contributed by atoms with van der Waals surface area (Å²) in [6, 6.07) is 8.58. The van der Waals surface area contributed by atoms with E-state index >= 15 is 0 Å². The van der Waals surface area contributed by atoms with Gasteiger partial charge < -0.3 is 10.2 Å². The summed E-state index contributed by atoms with van der Waals surface area (Å²) in [7, 11) is 0. The molecule has 3 nitrogen and oxygen atoms in total. The number of halogens is 1. The van der Waals surface area contributed by atoms with Gasteiger partial charge in [0.15, 0.2) is 0 Å². The Morgan fingerprint density at radius 2 is 1.88 bits per heavy atom. The molecule has 1 aromatic rings. The standard InChI is InChI=1S/C12H15FN2O/c13-11(10-4-2-1-3-5-10)12(16)15-8-6-14-7-9-15/h1-5,11,14H,6-9H2. The van der Waals surface area contributed by atoms with Gasteiger partial charge in [-0.15, -0.1) is 0 Å². The molecule has 1 saturated heterocycles. The second-order valence-electron chi connectivity index (χ2n) is 3.85. The first-order chi connectivity index (χ1) is 7.79. The second kappa shape index (κ2) is 5.07. The molecule has 0 aliphatic carbocycles. The molecule has 1 aliphatic rings. The molecular formula is C12H15FN2O. The number of amides is 1. The second-order valence-corrected chi connectivity index (χ2v) is 3.85. The molecule has 86 valence electrons. The number of rotatable bonds is 2. The average Bonchev–Trinajstić information content (AvgIpc) is 2.39. The molecule has 16 heavy (non-hydrogen) atoms. The molecule has 4 heteroatoms. The van der Waals surface area contributed by atoms with Gasteiger partial charge in [-0.3, -0.25) is 4.79 Å². The maximum absolute atomic E-state index is 13.9. The van der Waals surface area contributed by atoms with Crippen molar-refractivity contribution in [1.29, 1.82) is 0 Å². The molecule has 0 radical (unpaired) electrons. The minimum Gasteiger partial charge on any atom is -0.337 e. The van der Waals surface area contributed by atoms with Gasteiger partial charge in [0.05, 0.1) is 0 Å². The van der Waals surface area contributed by atoms with E-state index in [0.717, 1.165) is 13.1 Å². The van der Waals surface area contributed by atoms with E-state index in [4.69, 9.17) is 0 Å². The maximum Gasteiger partial charge on any atom is 0.261 e. The molecule has 1 heterocycles. The molecule has 1 atom stereocenters. The molecule has 1 aromatic carbocycles. The van der Waals surface area contributed by atoms with Crippen LogP contribution in [0.25, 0.3) is 0 Å². The number of piperazine rings is 1. The highest BCUT2D eigenvalue weighted by atomic mass is 19.1. The molecule has 1 fully saturated rings. The molecule has 0 aromatic heterocycles. The Bertz CT molecular complexity index is 349. The highest BCUT2D eigenvalue weighted by Crippen LogP contribution is 2.19. The quantitative estimate of drug-likeness (QED) is 0.813. The Morgan fingerprint density at radius 1 is 1.25 bits per heavy atom. The number of nitrogens with one attached hydrogen (secondary N) is 1. The Hall–Kier alpha value is -1.42. The highest BCUT2D eigenvalue weighted by molar-refractivity contribution is 5.82. The van der Waals surface area contributed by atoms with Gasteiger partial charge in [0.25, 0.3) is 5.91 Å². The van der Waals surface area contributed by atoms with Crippen molar-refractivity contribution < 1.29 is 9.18 Å². The molecule has 2 rings (SSSR count). The molecule has 1 N–H and O–H groups in total. The van der Waals surface area contributed by atoms with Crippen LogP contribution in [-0.2, 0) is 4.79 Å². The molecular weight excluding hydrogens is 207 g/mol. The van der Waals surface area contributed by atoms with Gasteiger partial charge in [0.2, 0.25) is 6.17 Å². The van der Waals surface area contributed by atoms with Gasteiger partial charge in [-0.1, -0.05) is 30.3 Å². The number of carbonyl (C=O) groups is 1. The molecule has 0 saturated carbocycles. The zero-order valence-electron chi connectivity index (χ0n) is 9.03. The lowest BCUT2D eigenvalue weighted by Gasteiger charge is -2.28. The average molecular weight is 222 g/mol. The van der Waals surface area contributed by atoms with Crippen molar-refractivity contribution in [2.24, 2.45) is 0 Å². The molecule has 1 aliphatic heterocycles. The summed E-state index contributed by atoms with van der Waals surface area (Å²) in [4.78, 5) is 13.4. The fourth-order valence-electron chi connectivity index (χ4n) is 1.81. The van der Waals surface area contributed by atoms with E-state index < -0.39 is 12.1 Å². The van der Waals surface area contributed by atoms with Crippen LogP contribution in [0.3, 0.4) is 0 Å². The Balaban J connectivity index is 2.04. The molecule has 0 bridgehead atoms. The summed E-state index contributed by atoms with van der Waals surface area (Å²) >= 11 is 0. The summed E-state index contributed by atoms with van der Waals surface area (Å²) in [6.07, 6.45) is -1.53. The van der Waals surface area contributed by atoms with Gasteiger partial charge in [0, 0.05) is 26.2 Å². The van der Waals surface area contributed by atoms with Gasteiger partial charge >= 0.3 is 0 Å². The highest BCUT2D eigenvalue weighted by Gasteiger charge is 2.26. The van der Waals surface area contributed by atoms with E-state index in [1.807, 2.05) is 6.07 Å². The monoisotopic (exact) mass is 222 g/mol. The SMILES string of the molecule is O=C(C(F)c1ccccc1)N1CCNCC1. The van der Waals surface area contributed by atoms with Gasteiger partial charge in [-0.25, -0.2) is 4.39 Å². The van der Waals surface area contributed by atoms with Crippen LogP contribution in [0.2, 0.25) is 0 Å². The molecule has 0 spiro atoms. The van der Waals surface area contributed by atoms with E-state index in [1.54, 1.807) is 29.2 Å². The Labute approximate surface area is 94.3 Å². The van der Waals surface area contributed by atoms with Crippen LogP contribution in [0.5, 0.6) is 0 Å². The van der Waals surface area contributed by atoms with Crippen molar-refractivity contribution in [2.45, 2.75) is 6.17 Å². The molecule has 1 amide bonds. The third kappa shape index (κ3) is 2.39. The van der Waals surface area contributed by atoms with Crippen LogP contribution in [-0.4, -0.2) is 37.0 Å². The first kappa shape index (κ1) is 11.1. The normalized spacial score (nSPS) is 18.2. The number of hydrogen-bond donors (Lipinski definition) is 1. The third-order valence-electron chi connectivity index (χ3n) is 2.74. The summed E-state index contributed by atoms with van der Waals surface area (Å²) in [5, 5.41) is 3.13. The summed E-state index contributed by atoms with van der Waals surface area (Å²) in [5.41, 5.74) is 0.436. The maximum atomic E-state index is 13.9. The zero-order chi connectivity index (χ0) is 11.4. The lowest BCUT2D eigenvalue weighted by atomic mass is 10.1. The van der Waals surface area contributed by atoms with Crippen molar-refractivity contribution in [3.63, 3.8) is 0 Å².